The van der Waals surface area contributed by atoms with Gasteiger partial charge in [-0.1, -0.05) is 41.9 Å². The van der Waals surface area contributed by atoms with E-state index in [4.69, 9.17) is 11.6 Å². The molecule has 1 fully saturated rings. The maximum Gasteiger partial charge on any atom is 0.270 e. The van der Waals surface area contributed by atoms with E-state index in [9.17, 15) is 4.79 Å². The molecule has 1 saturated carbocycles. The number of aromatic nitrogens is 2. The van der Waals surface area contributed by atoms with E-state index >= 15 is 0 Å². The van der Waals surface area contributed by atoms with Crippen molar-refractivity contribution in [3.8, 4) is 5.69 Å². The molecule has 5 heteroatoms. The predicted molar refractivity (Wildman–Crippen MR) is 98.2 cm³/mol. The van der Waals surface area contributed by atoms with Crippen LogP contribution in [0.15, 0.2) is 60.7 Å². The lowest BCUT2D eigenvalue weighted by Crippen LogP contribution is -2.25. The summed E-state index contributed by atoms with van der Waals surface area (Å²) >= 11 is 5.90. The number of hydrogen-bond donors (Lipinski definition) is 1. The Kier molecular flexibility index (Phi) is 4.28. The summed E-state index contributed by atoms with van der Waals surface area (Å²) in [5.74, 6) is 0.367. The van der Waals surface area contributed by atoms with Crippen molar-refractivity contribution in [1.29, 1.82) is 0 Å². The van der Waals surface area contributed by atoms with Gasteiger partial charge in [0.2, 0.25) is 0 Å². The molecule has 0 atom stereocenters. The Bertz CT molecular complexity index is 883. The van der Waals surface area contributed by atoms with Crippen molar-refractivity contribution in [3.05, 3.63) is 82.6 Å². The standard InChI is InChI=1S/C20H18ClN3O/c21-16-10-6-14(7-11-16)13-22-20(25)19-12-18(15-8-9-15)23-24(19)17-4-2-1-3-5-17/h1-7,10-12,15H,8-9,13H2,(H,22,25). The quantitative estimate of drug-likeness (QED) is 0.743. The molecule has 0 unspecified atom stereocenters. The lowest BCUT2D eigenvalue weighted by molar-refractivity contribution is 0.0943. The normalized spacial score (nSPS) is 13.6. The molecular formula is C20H18ClN3O. The summed E-state index contributed by atoms with van der Waals surface area (Å²) in [5, 5.41) is 8.33. The maximum absolute atomic E-state index is 12.7. The topological polar surface area (TPSA) is 46.9 Å². The van der Waals surface area contributed by atoms with Gasteiger partial charge in [0, 0.05) is 17.5 Å². The van der Waals surface area contributed by atoms with Crippen LogP contribution in [0.1, 0.15) is 40.5 Å². The molecule has 4 rings (SSSR count). The van der Waals surface area contributed by atoms with Gasteiger partial charge in [0.05, 0.1) is 11.4 Å². The summed E-state index contributed by atoms with van der Waals surface area (Å²) in [7, 11) is 0. The molecule has 0 spiro atoms. The Balaban J connectivity index is 1.57. The number of hydrogen-bond acceptors (Lipinski definition) is 2. The third-order valence-electron chi connectivity index (χ3n) is 4.32. The second-order valence-electron chi connectivity index (χ2n) is 6.29. The van der Waals surface area contributed by atoms with Crippen molar-refractivity contribution in [2.45, 2.75) is 25.3 Å². The zero-order valence-corrected chi connectivity index (χ0v) is 14.4. The highest BCUT2D eigenvalue weighted by molar-refractivity contribution is 6.30. The van der Waals surface area contributed by atoms with E-state index in [2.05, 4.69) is 10.4 Å². The number of amides is 1. The molecule has 4 nitrogen and oxygen atoms in total. The fourth-order valence-electron chi connectivity index (χ4n) is 2.78. The van der Waals surface area contributed by atoms with Crippen LogP contribution in [0.3, 0.4) is 0 Å². The predicted octanol–water partition coefficient (Wildman–Crippen LogP) is 4.33. The van der Waals surface area contributed by atoms with Crippen molar-refractivity contribution in [1.82, 2.24) is 15.1 Å². The summed E-state index contributed by atoms with van der Waals surface area (Å²) in [5.41, 5.74) is 3.47. The Morgan fingerprint density at radius 3 is 2.52 bits per heavy atom. The zero-order chi connectivity index (χ0) is 17.2. The molecule has 1 aromatic heterocycles. The van der Waals surface area contributed by atoms with Gasteiger partial charge in [0.1, 0.15) is 5.69 Å². The summed E-state index contributed by atoms with van der Waals surface area (Å²) < 4.78 is 1.74. The van der Waals surface area contributed by atoms with Crippen LogP contribution in [0, 0.1) is 0 Å². The largest absolute Gasteiger partial charge is 0.347 e. The van der Waals surface area contributed by atoms with Crippen LogP contribution in [0.25, 0.3) is 5.69 Å². The van der Waals surface area contributed by atoms with Crippen LogP contribution in [0.4, 0.5) is 0 Å². The number of carbonyl (C=O) groups excluding carboxylic acids is 1. The number of rotatable bonds is 5. The number of para-hydroxylation sites is 1. The SMILES string of the molecule is O=C(NCc1ccc(Cl)cc1)c1cc(C2CC2)nn1-c1ccccc1. The van der Waals surface area contributed by atoms with Gasteiger partial charge in [0.15, 0.2) is 0 Å². The minimum absolute atomic E-state index is 0.127. The smallest absolute Gasteiger partial charge is 0.270 e. The molecule has 3 aromatic rings. The van der Waals surface area contributed by atoms with Gasteiger partial charge in [-0.15, -0.1) is 0 Å². The second kappa shape index (κ2) is 6.73. The Labute approximate surface area is 151 Å². The first-order chi connectivity index (χ1) is 12.2. The molecule has 1 aliphatic rings. The average Bonchev–Trinajstić information content (AvgIpc) is 3.40. The Morgan fingerprint density at radius 1 is 1.12 bits per heavy atom. The van der Waals surface area contributed by atoms with Crippen molar-refractivity contribution in [2.75, 3.05) is 0 Å². The molecule has 0 radical (unpaired) electrons. The van der Waals surface area contributed by atoms with E-state index in [1.54, 1.807) is 4.68 Å². The van der Waals surface area contributed by atoms with Crippen molar-refractivity contribution in [3.63, 3.8) is 0 Å². The lowest BCUT2D eigenvalue weighted by atomic mass is 10.2. The molecule has 126 valence electrons. The van der Waals surface area contributed by atoms with E-state index < -0.39 is 0 Å². The second-order valence-corrected chi connectivity index (χ2v) is 6.72. The van der Waals surface area contributed by atoms with Crippen LogP contribution in [0.2, 0.25) is 5.02 Å². The molecular weight excluding hydrogens is 334 g/mol. The number of halogens is 1. The molecule has 0 bridgehead atoms. The molecule has 1 N–H and O–H groups in total. The number of nitrogens with one attached hydrogen (secondary N) is 1. The molecule has 25 heavy (non-hydrogen) atoms. The van der Waals surface area contributed by atoms with E-state index in [0.29, 0.717) is 23.2 Å². The first-order valence-corrected chi connectivity index (χ1v) is 8.76. The van der Waals surface area contributed by atoms with Gasteiger partial charge in [-0.2, -0.15) is 5.10 Å². The van der Waals surface area contributed by atoms with Gasteiger partial charge in [-0.3, -0.25) is 4.79 Å². The molecule has 2 aromatic carbocycles. The Morgan fingerprint density at radius 2 is 1.84 bits per heavy atom. The van der Waals surface area contributed by atoms with Gasteiger partial charge < -0.3 is 5.32 Å². The zero-order valence-electron chi connectivity index (χ0n) is 13.7. The monoisotopic (exact) mass is 351 g/mol. The van der Waals surface area contributed by atoms with Crippen LogP contribution < -0.4 is 5.32 Å². The molecule has 0 aliphatic heterocycles. The highest BCUT2D eigenvalue weighted by atomic mass is 35.5. The number of carbonyl (C=O) groups is 1. The van der Waals surface area contributed by atoms with Crippen LogP contribution >= 0.6 is 11.6 Å². The van der Waals surface area contributed by atoms with Crippen LogP contribution in [-0.2, 0) is 6.54 Å². The molecule has 1 aliphatic carbocycles. The number of nitrogens with zero attached hydrogens (tertiary/aromatic N) is 2. The Hall–Kier alpha value is -2.59. The average molecular weight is 352 g/mol. The van der Waals surface area contributed by atoms with Gasteiger partial charge in [-0.05, 0) is 48.7 Å². The number of benzene rings is 2. The minimum atomic E-state index is -0.127. The van der Waals surface area contributed by atoms with Gasteiger partial charge in [-0.25, -0.2) is 4.68 Å². The van der Waals surface area contributed by atoms with E-state index in [1.165, 1.54) is 0 Å². The van der Waals surface area contributed by atoms with Crippen molar-refractivity contribution >= 4 is 17.5 Å². The van der Waals surface area contributed by atoms with E-state index in [-0.39, 0.29) is 5.91 Å². The molecule has 1 amide bonds. The first kappa shape index (κ1) is 15.9. The van der Waals surface area contributed by atoms with E-state index in [0.717, 1.165) is 29.8 Å². The summed E-state index contributed by atoms with van der Waals surface area (Å²) in [6.07, 6.45) is 2.30. The van der Waals surface area contributed by atoms with Crippen molar-refractivity contribution in [2.24, 2.45) is 0 Å². The van der Waals surface area contributed by atoms with E-state index in [1.807, 2.05) is 60.7 Å². The maximum atomic E-state index is 12.7. The van der Waals surface area contributed by atoms with Gasteiger partial charge in [0.25, 0.3) is 5.91 Å². The van der Waals surface area contributed by atoms with Gasteiger partial charge >= 0.3 is 0 Å². The molecule has 1 heterocycles. The van der Waals surface area contributed by atoms with Crippen molar-refractivity contribution < 1.29 is 4.79 Å². The summed E-state index contributed by atoms with van der Waals surface area (Å²) in [6, 6.07) is 19.1. The third-order valence-corrected chi connectivity index (χ3v) is 4.58. The minimum Gasteiger partial charge on any atom is -0.347 e. The fraction of sp³-hybridized carbons (Fsp3) is 0.200. The third kappa shape index (κ3) is 3.59. The summed E-state index contributed by atoms with van der Waals surface area (Å²) in [4.78, 5) is 12.7. The van der Waals surface area contributed by atoms with Crippen LogP contribution in [-0.4, -0.2) is 15.7 Å². The fourth-order valence-corrected chi connectivity index (χ4v) is 2.91. The first-order valence-electron chi connectivity index (χ1n) is 8.39. The highest BCUT2D eigenvalue weighted by Crippen LogP contribution is 2.39. The summed E-state index contributed by atoms with van der Waals surface area (Å²) in [6.45, 7) is 0.453. The molecule has 0 saturated heterocycles. The highest BCUT2D eigenvalue weighted by Gasteiger charge is 2.29. The van der Waals surface area contributed by atoms with Crippen LogP contribution in [0.5, 0.6) is 0 Å². The lowest BCUT2D eigenvalue weighted by Gasteiger charge is -2.08.